The number of urea groups is 1. The number of nitrogens with one attached hydrogen (secondary N) is 3. The number of nitrogens with two attached hydrogens (primary N) is 1. The van der Waals surface area contributed by atoms with Crippen LogP contribution in [-0.2, 0) is 30.4 Å². The average molecular weight is 699 g/mol. The molecule has 5 N–H and O–H groups in total. The summed E-state index contributed by atoms with van der Waals surface area (Å²) in [4.78, 5) is 75.6. The Kier molecular flexibility index (Phi) is 13.7. The number of halogens is 2. The van der Waals surface area contributed by atoms with Crippen LogP contribution in [0.5, 0.6) is 0 Å². The molecule has 6 amide bonds. The fraction of sp³-hybridized carbons (Fsp3) is 0.500. The Balaban J connectivity index is 2.00. The molecule has 0 aromatic heterocycles. The summed E-state index contributed by atoms with van der Waals surface area (Å²) in [5.74, 6) is -2.92. The van der Waals surface area contributed by atoms with Gasteiger partial charge in [0.1, 0.15) is 8.96 Å². The minimum absolute atomic E-state index is 0.000739. The van der Waals surface area contributed by atoms with E-state index in [0.29, 0.717) is 18.5 Å². The summed E-state index contributed by atoms with van der Waals surface area (Å²) in [5, 5.41) is 8.11. The Morgan fingerprint density at radius 2 is 1.59 bits per heavy atom. The van der Waals surface area contributed by atoms with Gasteiger partial charge in [0.05, 0.1) is 6.04 Å². The fourth-order valence-corrected chi connectivity index (χ4v) is 5.07. The number of carbonyl (C=O) groups excluding carboxylic acids is 6. The molecule has 0 aliphatic carbocycles. The molecule has 0 radical (unpaired) electrons. The molecule has 0 spiro atoms. The summed E-state index contributed by atoms with van der Waals surface area (Å²) in [7, 11) is 0. The van der Waals surface area contributed by atoms with Crippen LogP contribution in [0.1, 0.15) is 58.4 Å². The van der Waals surface area contributed by atoms with Gasteiger partial charge in [-0.15, -0.1) is 0 Å². The maximum absolute atomic E-state index is 13.4. The lowest BCUT2D eigenvalue weighted by atomic mass is 9.89. The maximum Gasteiger partial charge on any atom is 0.312 e. The fourth-order valence-electron chi connectivity index (χ4n) is 4.31. The zero-order valence-electron chi connectivity index (χ0n) is 23.4. The number of amides is 6. The van der Waals surface area contributed by atoms with E-state index in [2.05, 4.69) is 47.8 Å². The number of imide groups is 1. The molecule has 0 fully saturated rings. The number of aryl methyl sites for hydroxylation is 1. The highest BCUT2D eigenvalue weighted by atomic mass is 79.9. The molecule has 2 rings (SSSR count). The van der Waals surface area contributed by atoms with Crippen molar-refractivity contribution in [1.29, 1.82) is 0 Å². The van der Waals surface area contributed by atoms with Crippen molar-refractivity contribution in [2.45, 2.75) is 65.3 Å². The van der Waals surface area contributed by atoms with Gasteiger partial charge >= 0.3 is 6.03 Å². The molecule has 1 aromatic rings. The number of hydrogen-bond acceptors (Lipinski definition) is 6. The van der Waals surface area contributed by atoms with Gasteiger partial charge in [0.25, 0.3) is 11.8 Å². The third kappa shape index (κ3) is 10.4. The second-order valence-electron chi connectivity index (χ2n) is 10.1. The predicted molar refractivity (Wildman–Crippen MR) is 162 cm³/mol. The normalized spacial score (nSPS) is 14.7. The van der Waals surface area contributed by atoms with Crippen molar-refractivity contribution in [3.63, 3.8) is 0 Å². The number of hydrogen-bond donors (Lipinski definition) is 4. The van der Waals surface area contributed by atoms with Gasteiger partial charge in [-0.2, -0.15) is 0 Å². The Morgan fingerprint density at radius 1 is 0.976 bits per heavy atom. The number of Topliss-reactive ketones (excluding diaryl/α,β-unsaturated/α-hetero) is 1. The van der Waals surface area contributed by atoms with E-state index in [1.165, 1.54) is 0 Å². The van der Waals surface area contributed by atoms with Gasteiger partial charge in [0, 0.05) is 37.5 Å². The smallest absolute Gasteiger partial charge is 0.312 e. The van der Waals surface area contributed by atoms with E-state index in [9.17, 15) is 28.8 Å². The van der Waals surface area contributed by atoms with Crippen LogP contribution >= 0.6 is 31.9 Å². The quantitative estimate of drug-likeness (QED) is 0.152. The van der Waals surface area contributed by atoms with E-state index in [0.717, 1.165) is 16.9 Å². The molecule has 2 atom stereocenters. The van der Waals surface area contributed by atoms with Crippen molar-refractivity contribution < 1.29 is 28.8 Å². The van der Waals surface area contributed by atoms with Crippen molar-refractivity contribution in [2.75, 3.05) is 18.4 Å². The summed E-state index contributed by atoms with van der Waals surface area (Å²) in [5.41, 5.74) is 6.86. The van der Waals surface area contributed by atoms with Gasteiger partial charge in [0.15, 0.2) is 5.78 Å². The van der Waals surface area contributed by atoms with E-state index in [1.807, 2.05) is 19.1 Å². The van der Waals surface area contributed by atoms with Crippen LogP contribution in [0.3, 0.4) is 0 Å². The molecule has 224 valence electrons. The molecule has 13 heteroatoms. The lowest BCUT2D eigenvalue weighted by molar-refractivity contribution is -0.137. The third-order valence-corrected chi connectivity index (χ3v) is 8.65. The van der Waals surface area contributed by atoms with Gasteiger partial charge < -0.3 is 21.7 Å². The van der Waals surface area contributed by atoms with Crippen LogP contribution in [-0.4, -0.2) is 59.5 Å². The summed E-state index contributed by atoms with van der Waals surface area (Å²) in [6.45, 7) is 5.94. The number of nitrogens with zero attached hydrogens (tertiary/aromatic N) is 1. The number of primary amides is 1. The average Bonchev–Trinajstić information content (AvgIpc) is 3.11. The molecule has 0 unspecified atom stereocenters. The second-order valence-corrected chi connectivity index (χ2v) is 11.7. The molecule has 0 saturated heterocycles. The highest BCUT2D eigenvalue weighted by Gasteiger charge is 2.35. The van der Waals surface area contributed by atoms with Gasteiger partial charge in [-0.05, 0) is 81.2 Å². The molecular weight excluding hydrogens is 662 g/mol. The van der Waals surface area contributed by atoms with E-state index in [-0.39, 0.29) is 58.9 Å². The number of carbonyl (C=O) groups is 6. The lowest BCUT2D eigenvalue weighted by Gasteiger charge is -2.24. The van der Waals surface area contributed by atoms with Gasteiger partial charge in [-0.25, -0.2) is 4.79 Å². The van der Waals surface area contributed by atoms with Gasteiger partial charge in [0.2, 0.25) is 11.8 Å². The molecule has 41 heavy (non-hydrogen) atoms. The van der Waals surface area contributed by atoms with Crippen LogP contribution in [0, 0.1) is 11.8 Å². The monoisotopic (exact) mass is 697 g/mol. The van der Waals surface area contributed by atoms with Crippen molar-refractivity contribution >= 4 is 73.0 Å². The third-order valence-electron chi connectivity index (χ3n) is 6.65. The minimum atomic E-state index is -0.828. The first-order valence-electron chi connectivity index (χ1n) is 13.5. The number of rotatable bonds is 16. The lowest BCUT2D eigenvalue weighted by Crippen LogP contribution is -2.45. The molecule has 1 heterocycles. The van der Waals surface area contributed by atoms with Gasteiger partial charge in [-0.1, -0.05) is 32.9 Å². The summed E-state index contributed by atoms with van der Waals surface area (Å²) in [6.07, 6.45) is 1.72. The first-order valence-corrected chi connectivity index (χ1v) is 15.1. The number of anilines is 1. The van der Waals surface area contributed by atoms with Crippen molar-refractivity contribution in [1.82, 2.24) is 15.5 Å². The number of benzene rings is 1. The highest BCUT2D eigenvalue weighted by molar-refractivity contribution is 9.14. The SMILES string of the molecule is CCc1ccc(NC(=O)[C@H](CCCNC(N)=O)CC(=O)[C@@H](NC(=O)CCCN2C(=O)C(Br)=C(Br)C2=O)C(C)C)cc1. The van der Waals surface area contributed by atoms with Crippen LogP contribution in [0.4, 0.5) is 10.5 Å². The van der Waals surface area contributed by atoms with Crippen LogP contribution < -0.4 is 21.7 Å². The van der Waals surface area contributed by atoms with Crippen molar-refractivity contribution in [2.24, 2.45) is 17.6 Å². The van der Waals surface area contributed by atoms with Crippen molar-refractivity contribution in [3.05, 3.63) is 38.8 Å². The predicted octanol–water partition coefficient (Wildman–Crippen LogP) is 3.50. The second kappa shape index (κ2) is 16.4. The first kappa shape index (κ1) is 34.1. The zero-order valence-corrected chi connectivity index (χ0v) is 26.6. The molecule has 0 bridgehead atoms. The Labute approximate surface area is 256 Å². The largest absolute Gasteiger partial charge is 0.352 e. The topological polar surface area (TPSA) is 168 Å². The maximum atomic E-state index is 13.4. The Morgan fingerprint density at radius 3 is 2.12 bits per heavy atom. The molecule has 1 aliphatic heterocycles. The highest BCUT2D eigenvalue weighted by Crippen LogP contribution is 2.29. The standard InChI is InChI=1S/C28H37Br2N5O6/c1-4-17-9-11-19(12-10-17)33-25(38)18(7-5-13-32-28(31)41)15-20(36)24(16(2)3)34-21(37)8-6-14-35-26(39)22(29)23(30)27(35)40/h9-12,16,18,24H,4-8,13-15H2,1-3H3,(H,33,38)(H,34,37)(H3,31,32,41)/t18-,24+/m1/s1. The van der Waals surface area contributed by atoms with Gasteiger partial charge in [-0.3, -0.25) is 28.9 Å². The van der Waals surface area contributed by atoms with E-state index in [1.54, 1.807) is 26.0 Å². The van der Waals surface area contributed by atoms with E-state index < -0.39 is 35.7 Å². The van der Waals surface area contributed by atoms with Crippen LogP contribution in [0.25, 0.3) is 0 Å². The first-order chi connectivity index (χ1) is 19.3. The van der Waals surface area contributed by atoms with Crippen LogP contribution in [0.15, 0.2) is 33.2 Å². The van der Waals surface area contributed by atoms with E-state index >= 15 is 0 Å². The molecule has 11 nitrogen and oxygen atoms in total. The van der Waals surface area contributed by atoms with E-state index in [4.69, 9.17) is 5.73 Å². The van der Waals surface area contributed by atoms with Crippen LogP contribution in [0.2, 0.25) is 0 Å². The molecular formula is C28H37Br2N5O6. The number of ketones is 1. The Bertz CT molecular complexity index is 1160. The molecule has 1 aromatic carbocycles. The Hall–Kier alpha value is -3.06. The van der Waals surface area contributed by atoms with Crippen molar-refractivity contribution in [3.8, 4) is 0 Å². The summed E-state index contributed by atoms with van der Waals surface area (Å²) in [6, 6.07) is 5.94. The molecule has 0 saturated carbocycles. The summed E-state index contributed by atoms with van der Waals surface area (Å²) < 4.78 is 0.277. The zero-order chi connectivity index (χ0) is 30.7. The minimum Gasteiger partial charge on any atom is -0.352 e. The molecule has 1 aliphatic rings. The summed E-state index contributed by atoms with van der Waals surface area (Å²) >= 11 is 6.13.